The summed E-state index contributed by atoms with van der Waals surface area (Å²) in [7, 11) is 3.76. The van der Waals surface area contributed by atoms with Crippen LogP contribution in [0.1, 0.15) is 12.5 Å². The van der Waals surface area contributed by atoms with Crippen LogP contribution in [-0.2, 0) is 11.3 Å². The summed E-state index contributed by atoms with van der Waals surface area (Å²) in [6.07, 6.45) is 1.97. The maximum Gasteiger partial charge on any atom is 0.128 e. The normalized spacial score (nSPS) is 16.0. The lowest BCUT2D eigenvalue weighted by Gasteiger charge is -2.37. The van der Waals surface area contributed by atoms with Crippen molar-refractivity contribution >= 4 is 11.5 Å². The third kappa shape index (κ3) is 6.70. The van der Waals surface area contributed by atoms with Gasteiger partial charge in [-0.25, -0.2) is 4.98 Å². The first-order valence-electron chi connectivity index (χ1n) is 10.6. The molecule has 1 saturated heterocycles. The van der Waals surface area contributed by atoms with Crippen molar-refractivity contribution in [2.24, 2.45) is 0 Å². The number of anilines is 2. The van der Waals surface area contributed by atoms with E-state index in [1.54, 1.807) is 7.11 Å². The number of pyridine rings is 1. The van der Waals surface area contributed by atoms with Gasteiger partial charge in [0.2, 0.25) is 0 Å². The number of nitrogens with zero attached hydrogens (tertiary/aromatic N) is 4. The van der Waals surface area contributed by atoms with Gasteiger partial charge in [-0.1, -0.05) is 24.3 Å². The van der Waals surface area contributed by atoms with Crippen LogP contribution >= 0.6 is 0 Å². The lowest BCUT2D eigenvalue weighted by atomic mass is 10.2. The third-order valence-electron chi connectivity index (χ3n) is 5.51. The number of aromatic nitrogens is 1. The SMILES string of the molecule is COCCN(C)c1ccc(CNC(C)CN2CCN(c3ccccc3)CC2)cn1. The topological polar surface area (TPSA) is 43.9 Å². The molecule has 3 rings (SSSR count). The highest BCUT2D eigenvalue weighted by atomic mass is 16.5. The Bertz CT molecular complexity index is 701. The smallest absolute Gasteiger partial charge is 0.128 e. The summed E-state index contributed by atoms with van der Waals surface area (Å²) in [5, 5.41) is 3.64. The van der Waals surface area contributed by atoms with E-state index in [0.717, 1.165) is 51.6 Å². The van der Waals surface area contributed by atoms with Crippen molar-refractivity contribution in [3.05, 3.63) is 54.2 Å². The molecule has 1 fully saturated rings. The number of para-hydroxylation sites is 1. The zero-order chi connectivity index (χ0) is 20.5. The Labute approximate surface area is 175 Å². The molecule has 158 valence electrons. The van der Waals surface area contributed by atoms with E-state index in [1.807, 2.05) is 13.2 Å². The van der Waals surface area contributed by atoms with E-state index in [4.69, 9.17) is 4.74 Å². The predicted octanol–water partition coefficient (Wildman–Crippen LogP) is 2.46. The Morgan fingerprint density at radius 2 is 1.86 bits per heavy atom. The zero-order valence-corrected chi connectivity index (χ0v) is 18.1. The number of nitrogens with one attached hydrogen (secondary N) is 1. The van der Waals surface area contributed by atoms with Gasteiger partial charge in [-0.2, -0.15) is 0 Å². The van der Waals surface area contributed by atoms with Crippen LogP contribution in [0.5, 0.6) is 0 Å². The minimum Gasteiger partial charge on any atom is -0.383 e. The summed E-state index contributed by atoms with van der Waals surface area (Å²) in [6.45, 7) is 10.2. The first-order valence-corrected chi connectivity index (χ1v) is 10.6. The molecule has 1 aliphatic heterocycles. The van der Waals surface area contributed by atoms with Crippen LogP contribution in [0.15, 0.2) is 48.7 Å². The summed E-state index contributed by atoms with van der Waals surface area (Å²) < 4.78 is 5.13. The lowest BCUT2D eigenvalue weighted by molar-refractivity contribution is 0.206. The Morgan fingerprint density at radius 3 is 2.52 bits per heavy atom. The van der Waals surface area contributed by atoms with Crippen molar-refractivity contribution in [3.8, 4) is 0 Å². The molecule has 0 saturated carbocycles. The van der Waals surface area contributed by atoms with E-state index < -0.39 is 0 Å². The molecule has 0 amide bonds. The van der Waals surface area contributed by atoms with Crippen molar-refractivity contribution in [2.45, 2.75) is 19.5 Å². The van der Waals surface area contributed by atoms with E-state index in [0.29, 0.717) is 12.6 Å². The number of likely N-dealkylation sites (N-methyl/N-ethyl adjacent to an activating group) is 1. The van der Waals surface area contributed by atoms with Gasteiger partial charge in [0.15, 0.2) is 0 Å². The van der Waals surface area contributed by atoms with E-state index in [-0.39, 0.29) is 0 Å². The number of piperazine rings is 1. The Morgan fingerprint density at radius 1 is 1.10 bits per heavy atom. The molecule has 1 N–H and O–H groups in total. The fourth-order valence-corrected chi connectivity index (χ4v) is 3.66. The largest absolute Gasteiger partial charge is 0.383 e. The fraction of sp³-hybridized carbons (Fsp3) is 0.522. The number of hydrogen-bond acceptors (Lipinski definition) is 6. The maximum absolute atomic E-state index is 5.13. The zero-order valence-electron chi connectivity index (χ0n) is 18.1. The van der Waals surface area contributed by atoms with Gasteiger partial charge in [0.1, 0.15) is 5.82 Å². The fourth-order valence-electron chi connectivity index (χ4n) is 3.66. The molecule has 1 aliphatic rings. The van der Waals surface area contributed by atoms with Crippen molar-refractivity contribution in [3.63, 3.8) is 0 Å². The predicted molar refractivity (Wildman–Crippen MR) is 121 cm³/mol. The summed E-state index contributed by atoms with van der Waals surface area (Å²) in [4.78, 5) is 11.7. The molecule has 1 unspecified atom stereocenters. The minimum absolute atomic E-state index is 0.447. The van der Waals surface area contributed by atoms with Crippen LogP contribution in [0.4, 0.5) is 11.5 Å². The van der Waals surface area contributed by atoms with Crippen LogP contribution in [0.3, 0.4) is 0 Å². The average molecular weight is 398 g/mol. The molecule has 2 aromatic rings. The number of hydrogen-bond donors (Lipinski definition) is 1. The van der Waals surface area contributed by atoms with Crippen molar-refractivity contribution in [2.75, 3.05) is 69.8 Å². The molecule has 0 spiro atoms. The molecule has 1 atom stereocenters. The van der Waals surface area contributed by atoms with E-state index >= 15 is 0 Å². The molecule has 6 nitrogen and oxygen atoms in total. The number of rotatable bonds is 10. The van der Waals surface area contributed by atoms with Gasteiger partial charge in [0.05, 0.1) is 6.61 Å². The van der Waals surface area contributed by atoms with Gasteiger partial charge >= 0.3 is 0 Å². The molecule has 1 aromatic heterocycles. The number of methoxy groups -OCH3 is 1. The van der Waals surface area contributed by atoms with Crippen molar-refractivity contribution in [1.29, 1.82) is 0 Å². The van der Waals surface area contributed by atoms with Crippen LogP contribution < -0.4 is 15.1 Å². The summed E-state index contributed by atoms with van der Waals surface area (Å²) >= 11 is 0. The van der Waals surface area contributed by atoms with Gasteiger partial charge in [0, 0.05) is 77.9 Å². The number of ether oxygens (including phenoxy) is 1. The molecule has 1 aromatic carbocycles. The van der Waals surface area contributed by atoms with Gasteiger partial charge in [0.25, 0.3) is 0 Å². The molecule has 29 heavy (non-hydrogen) atoms. The molecule has 0 bridgehead atoms. The second-order valence-corrected chi connectivity index (χ2v) is 7.84. The molecular weight excluding hydrogens is 362 g/mol. The summed E-state index contributed by atoms with van der Waals surface area (Å²) in [6, 6.07) is 15.4. The molecular formula is C23H35N5O. The van der Waals surface area contributed by atoms with Gasteiger partial charge < -0.3 is 19.9 Å². The highest BCUT2D eigenvalue weighted by Crippen LogP contribution is 2.15. The highest BCUT2D eigenvalue weighted by molar-refractivity contribution is 5.46. The first-order chi connectivity index (χ1) is 14.2. The molecule has 0 radical (unpaired) electrons. The van der Waals surface area contributed by atoms with Crippen LogP contribution in [-0.4, -0.2) is 76.0 Å². The summed E-state index contributed by atoms with van der Waals surface area (Å²) in [5.41, 5.74) is 2.55. The van der Waals surface area contributed by atoms with Gasteiger partial charge in [-0.3, -0.25) is 4.90 Å². The Kier molecular flexibility index (Phi) is 8.28. The molecule has 6 heteroatoms. The highest BCUT2D eigenvalue weighted by Gasteiger charge is 2.18. The standard InChI is InChI=1S/C23H35N5O/c1-20(19-27-11-13-28(14-12-27)22-7-5-4-6-8-22)24-17-21-9-10-23(25-18-21)26(2)15-16-29-3/h4-10,18,20,24H,11-17,19H2,1-3H3. The van der Waals surface area contributed by atoms with Crippen molar-refractivity contribution in [1.82, 2.24) is 15.2 Å². The van der Waals surface area contributed by atoms with E-state index in [1.165, 1.54) is 11.3 Å². The van der Waals surface area contributed by atoms with Crippen molar-refractivity contribution < 1.29 is 4.74 Å². The third-order valence-corrected chi connectivity index (χ3v) is 5.51. The lowest BCUT2D eigenvalue weighted by Crippen LogP contribution is -2.50. The maximum atomic E-state index is 5.13. The first kappa shape index (κ1) is 21.6. The monoisotopic (exact) mass is 397 g/mol. The second-order valence-electron chi connectivity index (χ2n) is 7.84. The van der Waals surface area contributed by atoms with E-state index in [2.05, 4.69) is 74.4 Å². The average Bonchev–Trinajstić information content (AvgIpc) is 2.77. The molecule has 0 aliphatic carbocycles. The van der Waals surface area contributed by atoms with Crippen LogP contribution in [0.25, 0.3) is 0 Å². The Balaban J connectivity index is 1.37. The quantitative estimate of drug-likeness (QED) is 0.664. The number of benzene rings is 1. The van der Waals surface area contributed by atoms with E-state index in [9.17, 15) is 0 Å². The summed E-state index contributed by atoms with van der Waals surface area (Å²) in [5.74, 6) is 0.982. The van der Waals surface area contributed by atoms with Gasteiger partial charge in [-0.05, 0) is 30.7 Å². The van der Waals surface area contributed by atoms with Crippen LogP contribution in [0.2, 0.25) is 0 Å². The second kappa shape index (κ2) is 11.1. The minimum atomic E-state index is 0.447. The van der Waals surface area contributed by atoms with Gasteiger partial charge in [-0.15, -0.1) is 0 Å². The van der Waals surface area contributed by atoms with Crippen LogP contribution in [0, 0.1) is 0 Å². The Hall–Kier alpha value is -2.15. The molecule has 2 heterocycles.